The van der Waals surface area contributed by atoms with Crippen molar-refractivity contribution in [3.8, 4) is 11.8 Å². The monoisotopic (exact) mass is 284 g/mol. The summed E-state index contributed by atoms with van der Waals surface area (Å²) in [6.07, 6.45) is 1.71. The SMILES string of the molecule is CC(C)C.CCC#CCN1CCOCC1.CN(C)C=O. The number of carbonyl (C=O) groups is 1. The van der Waals surface area contributed by atoms with Crippen LogP contribution in [0.15, 0.2) is 0 Å². The predicted molar refractivity (Wildman–Crippen MR) is 85.6 cm³/mol. The Labute approximate surface area is 125 Å². The molecule has 1 saturated heterocycles. The van der Waals surface area contributed by atoms with Crippen LogP contribution in [0.3, 0.4) is 0 Å². The second kappa shape index (κ2) is 16.0. The number of carbonyl (C=O) groups excluding carboxylic acids is 1. The summed E-state index contributed by atoms with van der Waals surface area (Å²) in [5, 5.41) is 0. The van der Waals surface area contributed by atoms with Crippen LogP contribution >= 0.6 is 0 Å². The molecule has 0 aromatic heterocycles. The zero-order chi connectivity index (χ0) is 15.8. The van der Waals surface area contributed by atoms with Crippen LogP contribution < -0.4 is 0 Å². The highest BCUT2D eigenvalue weighted by Gasteiger charge is 2.07. The maximum absolute atomic E-state index is 9.43. The second-order valence-corrected chi connectivity index (χ2v) is 5.40. The maximum atomic E-state index is 9.43. The van der Waals surface area contributed by atoms with Gasteiger partial charge in [0, 0.05) is 33.6 Å². The van der Waals surface area contributed by atoms with Crippen molar-refractivity contribution in [2.45, 2.75) is 34.1 Å². The molecule has 1 aliphatic heterocycles. The van der Waals surface area contributed by atoms with Crippen molar-refractivity contribution in [2.24, 2.45) is 5.92 Å². The molecule has 20 heavy (non-hydrogen) atoms. The van der Waals surface area contributed by atoms with Gasteiger partial charge < -0.3 is 9.64 Å². The fourth-order valence-corrected chi connectivity index (χ4v) is 1.05. The summed E-state index contributed by atoms with van der Waals surface area (Å²) in [5.74, 6) is 7.02. The number of amides is 1. The van der Waals surface area contributed by atoms with Crippen LogP contribution in [0.4, 0.5) is 0 Å². The topological polar surface area (TPSA) is 32.8 Å². The van der Waals surface area contributed by atoms with Crippen LogP contribution in [0.2, 0.25) is 0 Å². The predicted octanol–water partition coefficient (Wildman–Crippen LogP) is 2.10. The third-order valence-electron chi connectivity index (χ3n) is 1.92. The summed E-state index contributed by atoms with van der Waals surface area (Å²) in [7, 11) is 3.38. The number of nitrogens with zero attached hydrogens (tertiary/aromatic N) is 2. The van der Waals surface area contributed by atoms with Gasteiger partial charge in [-0.3, -0.25) is 9.69 Å². The quantitative estimate of drug-likeness (QED) is 0.575. The van der Waals surface area contributed by atoms with Crippen LogP contribution in [-0.2, 0) is 9.53 Å². The third kappa shape index (κ3) is 22.2. The lowest BCUT2D eigenvalue weighted by atomic mass is 10.3. The first-order valence-corrected chi connectivity index (χ1v) is 7.31. The summed E-state index contributed by atoms with van der Waals surface area (Å²) in [5.41, 5.74) is 0. The van der Waals surface area contributed by atoms with Crippen LogP contribution in [0.5, 0.6) is 0 Å². The van der Waals surface area contributed by atoms with Crippen LogP contribution in [0.25, 0.3) is 0 Å². The van der Waals surface area contributed by atoms with Gasteiger partial charge >= 0.3 is 0 Å². The first-order valence-electron chi connectivity index (χ1n) is 7.31. The van der Waals surface area contributed by atoms with Crippen molar-refractivity contribution in [1.82, 2.24) is 9.80 Å². The minimum Gasteiger partial charge on any atom is -0.379 e. The number of hydrogen-bond acceptors (Lipinski definition) is 3. The van der Waals surface area contributed by atoms with Crippen molar-refractivity contribution in [2.75, 3.05) is 46.9 Å². The van der Waals surface area contributed by atoms with E-state index in [-0.39, 0.29) is 0 Å². The van der Waals surface area contributed by atoms with E-state index in [2.05, 4.69) is 44.4 Å². The van der Waals surface area contributed by atoms with E-state index < -0.39 is 0 Å². The molecule has 1 aliphatic rings. The zero-order valence-corrected chi connectivity index (χ0v) is 14.1. The summed E-state index contributed by atoms with van der Waals surface area (Å²) in [6, 6.07) is 0. The second-order valence-electron chi connectivity index (χ2n) is 5.40. The molecule has 0 radical (unpaired) electrons. The summed E-state index contributed by atoms with van der Waals surface area (Å²) >= 11 is 0. The molecule has 0 aromatic rings. The van der Waals surface area contributed by atoms with Gasteiger partial charge in [-0.05, 0) is 5.92 Å². The van der Waals surface area contributed by atoms with E-state index in [1.54, 1.807) is 14.1 Å². The molecule has 0 unspecified atom stereocenters. The van der Waals surface area contributed by atoms with Crippen molar-refractivity contribution < 1.29 is 9.53 Å². The number of morpholine rings is 1. The third-order valence-corrected chi connectivity index (χ3v) is 1.92. The molecule has 1 heterocycles. The standard InChI is InChI=1S/C9H15NO.C4H10.C3H7NO/c1-2-3-4-5-10-6-8-11-9-7-10;1-4(2)3;1-4(2)3-5/h2,5-9H2,1H3;4H,1-3H3;3H,1-2H3. The fraction of sp³-hybridized carbons (Fsp3) is 0.812. The molecule has 0 saturated carbocycles. The smallest absolute Gasteiger partial charge is 0.209 e. The summed E-state index contributed by atoms with van der Waals surface area (Å²) < 4.78 is 5.22. The Balaban J connectivity index is 0. The van der Waals surface area contributed by atoms with Gasteiger partial charge in [0.1, 0.15) is 0 Å². The average Bonchev–Trinajstić information content (AvgIpc) is 2.40. The fourth-order valence-electron chi connectivity index (χ4n) is 1.05. The van der Waals surface area contributed by atoms with E-state index in [0.29, 0.717) is 0 Å². The molecule has 0 N–H and O–H groups in total. The largest absolute Gasteiger partial charge is 0.379 e. The van der Waals surface area contributed by atoms with Gasteiger partial charge in [0.15, 0.2) is 0 Å². The molecular weight excluding hydrogens is 252 g/mol. The van der Waals surface area contributed by atoms with Crippen molar-refractivity contribution in [1.29, 1.82) is 0 Å². The van der Waals surface area contributed by atoms with Crippen molar-refractivity contribution in [3.05, 3.63) is 0 Å². The molecule has 1 amide bonds. The maximum Gasteiger partial charge on any atom is 0.209 e. The summed E-state index contributed by atoms with van der Waals surface area (Å²) in [4.78, 5) is 13.2. The molecule has 0 bridgehead atoms. The lowest BCUT2D eigenvalue weighted by molar-refractivity contribution is -0.115. The molecule has 0 atom stereocenters. The molecule has 1 fully saturated rings. The van der Waals surface area contributed by atoms with Gasteiger partial charge in [-0.1, -0.05) is 33.6 Å². The normalized spacial score (nSPS) is 13.9. The minimum absolute atomic E-state index is 0.750. The Morgan fingerprint density at radius 3 is 2.00 bits per heavy atom. The molecule has 4 heteroatoms. The van der Waals surface area contributed by atoms with Crippen LogP contribution in [0, 0.1) is 17.8 Å². The van der Waals surface area contributed by atoms with Gasteiger partial charge in [-0.15, -0.1) is 5.92 Å². The number of ether oxygens (including phenoxy) is 1. The number of hydrogen-bond donors (Lipinski definition) is 0. The molecule has 0 aliphatic carbocycles. The summed E-state index contributed by atoms with van der Waals surface area (Å²) in [6.45, 7) is 13.3. The van der Waals surface area contributed by atoms with E-state index in [0.717, 1.165) is 51.6 Å². The highest BCUT2D eigenvalue weighted by atomic mass is 16.5. The molecule has 4 nitrogen and oxygen atoms in total. The number of rotatable bonds is 2. The molecule has 118 valence electrons. The van der Waals surface area contributed by atoms with E-state index >= 15 is 0 Å². The van der Waals surface area contributed by atoms with E-state index in [4.69, 9.17) is 4.74 Å². The molecular formula is C16H32N2O2. The van der Waals surface area contributed by atoms with E-state index in [9.17, 15) is 4.79 Å². The van der Waals surface area contributed by atoms with Gasteiger partial charge in [0.05, 0.1) is 19.8 Å². The van der Waals surface area contributed by atoms with Crippen molar-refractivity contribution >= 4 is 6.41 Å². The lowest BCUT2D eigenvalue weighted by Crippen LogP contribution is -2.36. The highest BCUT2D eigenvalue weighted by Crippen LogP contribution is 1.94. The Hall–Kier alpha value is -1.05. The van der Waals surface area contributed by atoms with E-state index in [1.165, 1.54) is 4.90 Å². The average molecular weight is 284 g/mol. The lowest BCUT2D eigenvalue weighted by Gasteiger charge is -2.24. The molecule has 1 rings (SSSR count). The van der Waals surface area contributed by atoms with Gasteiger partial charge in [-0.25, -0.2) is 0 Å². The Kier molecular flexibility index (Phi) is 17.0. The molecule has 0 aromatic carbocycles. The van der Waals surface area contributed by atoms with Crippen LogP contribution in [0.1, 0.15) is 34.1 Å². The zero-order valence-electron chi connectivity index (χ0n) is 14.1. The van der Waals surface area contributed by atoms with Gasteiger partial charge in [-0.2, -0.15) is 0 Å². The Morgan fingerprint density at radius 2 is 1.65 bits per heavy atom. The van der Waals surface area contributed by atoms with Gasteiger partial charge in [0.2, 0.25) is 6.41 Å². The molecule has 0 spiro atoms. The van der Waals surface area contributed by atoms with E-state index in [1.807, 2.05) is 0 Å². The Bertz CT molecular complexity index is 259. The first kappa shape index (κ1) is 21.3. The minimum atomic E-state index is 0.750. The van der Waals surface area contributed by atoms with Gasteiger partial charge in [0.25, 0.3) is 0 Å². The van der Waals surface area contributed by atoms with Crippen LogP contribution in [-0.4, -0.2) is 63.2 Å². The first-order chi connectivity index (χ1) is 9.43. The highest BCUT2D eigenvalue weighted by molar-refractivity contribution is 5.45. The Morgan fingerprint density at radius 1 is 1.20 bits per heavy atom. The van der Waals surface area contributed by atoms with Crippen molar-refractivity contribution in [3.63, 3.8) is 0 Å².